The largest absolute Gasteiger partial charge is 0.279 e. The molecule has 0 aliphatic carbocycles. The minimum atomic E-state index is 0. The second-order valence-electron chi connectivity index (χ2n) is 2.21. The fourth-order valence-corrected chi connectivity index (χ4v) is 1.81. The Morgan fingerprint density at radius 3 is 2.11 bits per heavy atom. The molecule has 0 fully saturated rings. The van der Waals surface area contributed by atoms with Crippen LogP contribution in [0.3, 0.4) is 0 Å². The third kappa shape index (κ3) is 2.18. The maximum atomic E-state index is 4.35. The second-order valence-corrected chi connectivity index (χ2v) is 3.78. The summed E-state index contributed by atoms with van der Waals surface area (Å²) in [7, 11) is 0. The average Bonchev–Trinajstić information content (AvgIpc) is 1.85. The first kappa shape index (κ1) is 9.31. The molecular formula is C6H12ClNS. The maximum absolute atomic E-state index is 4.35. The summed E-state index contributed by atoms with van der Waals surface area (Å²) in [5, 5.41) is 1.94. The highest BCUT2D eigenvalue weighted by atomic mass is 35.5. The molecule has 0 saturated carbocycles. The van der Waals surface area contributed by atoms with Crippen molar-refractivity contribution in [1.82, 2.24) is 0 Å². The normalized spacial score (nSPS) is 33.4. The van der Waals surface area contributed by atoms with Crippen LogP contribution in [0.4, 0.5) is 0 Å². The van der Waals surface area contributed by atoms with Crippen LogP contribution < -0.4 is 0 Å². The Kier molecular flexibility index (Phi) is 3.59. The van der Waals surface area contributed by atoms with E-state index in [2.05, 4.69) is 25.8 Å². The smallest absolute Gasteiger partial charge is 0.0652 e. The molecule has 0 radical (unpaired) electrons. The van der Waals surface area contributed by atoms with Crippen LogP contribution in [-0.2, 0) is 0 Å². The minimum Gasteiger partial charge on any atom is -0.279 e. The highest BCUT2D eigenvalue weighted by Gasteiger charge is 2.18. The summed E-state index contributed by atoms with van der Waals surface area (Å²) in [6.07, 6.45) is 0. The summed E-state index contributed by atoms with van der Waals surface area (Å²) in [4.78, 5) is 4.35. The Morgan fingerprint density at radius 2 is 2.00 bits per heavy atom. The first-order valence-electron chi connectivity index (χ1n) is 2.91. The van der Waals surface area contributed by atoms with E-state index >= 15 is 0 Å². The van der Waals surface area contributed by atoms with Crippen molar-refractivity contribution in [3.8, 4) is 0 Å². The SMILES string of the molecule is CC1=NC(C)C(C)S1.Cl. The zero-order valence-electron chi connectivity index (χ0n) is 5.92. The summed E-state index contributed by atoms with van der Waals surface area (Å²) in [6.45, 7) is 6.45. The number of halogens is 1. The maximum Gasteiger partial charge on any atom is 0.0652 e. The summed E-state index contributed by atoms with van der Waals surface area (Å²) < 4.78 is 0. The van der Waals surface area contributed by atoms with Crippen molar-refractivity contribution < 1.29 is 0 Å². The van der Waals surface area contributed by atoms with Gasteiger partial charge in [-0.2, -0.15) is 0 Å². The molecule has 0 saturated heterocycles. The van der Waals surface area contributed by atoms with Crippen molar-refractivity contribution in [3.05, 3.63) is 0 Å². The van der Waals surface area contributed by atoms with Crippen molar-refractivity contribution in [3.63, 3.8) is 0 Å². The minimum absolute atomic E-state index is 0. The van der Waals surface area contributed by atoms with E-state index in [1.165, 1.54) is 5.04 Å². The van der Waals surface area contributed by atoms with Gasteiger partial charge < -0.3 is 0 Å². The number of nitrogens with zero attached hydrogens (tertiary/aromatic N) is 1. The fourth-order valence-electron chi connectivity index (χ4n) is 0.790. The van der Waals surface area contributed by atoms with Gasteiger partial charge in [-0.25, -0.2) is 0 Å². The highest BCUT2D eigenvalue weighted by Crippen LogP contribution is 2.25. The zero-order chi connectivity index (χ0) is 6.15. The Labute approximate surface area is 66.7 Å². The number of hydrogen-bond acceptors (Lipinski definition) is 2. The third-order valence-corrected chi connectivity index (χ3v) is 2.63. The molecule has 0 spiro atoms. The van der Waals surface area contributed by atoms with Gasteiger partial charge in [-0.05, 0) is 13.8 Å². The van der Waals surface area contributed by atoms with Crippen molar-refractivity contribution in [1.29, 1.82) is 0 Å². The molecule has 0 amide bonds. The zero-order valence-corrected chi connectivity index (χ0v) is 7.55. The molecule has 9 heavy (non-hydrogen) atoms. The predicted molar refractivity (Wildman–Crippen MR) is 46.9 cm³/mol. The van der Waals surface area contributed by atoms with E-state index in [1.807, 2.05) is 11.8 Å². The van der Waals surface area contributed by atoms with Gasteiger partial charge in [0, 0.05) is 5.25 Å². The molecule has 0 aromatic carbocycles. The van der Waals surface area contributed by atoms with Crippen molar-refractivity contribution >= 4 is 29.2 Å². The van der Waals surface area contributed by atoms with Crippen molar-refractivity contribution in [2.24, 2.45) is 4.99 Å². The Balaban J connectivity index is 0.000000640. The quantitative estimate of drug-likeness (QED) is 0.537. The van der Waals surface area contributed by atoms with E-state index in [0.717, 1.165) is 0 Å². The van der Waals surface area contributed by atoms with Crippen LogP contribution in [0.2, 0.25) is 0 Å². The van der Waals surface area contributed by atoms with Gasteiger partial charge >= 0.3 is 0 Å². The molecule has 0 N–H and O–H groups in total. The van der Waals surface area contributed by atoms with E-state index in [9.17, 15) is 0 Å². The number of aliphatic imine (C=N–C) groups is 1. The van der Waals surface area contributed by atoms with Gasteiger partial charge in [0.1, 0.15) is 0 Å². The fraction of sp³-hybridized carbons (Fsp3) is 0.833. The van der Waals surface area contributed by atoms with Gasteiger partial charge in [-0.15, -0.1) is 24.2 Å². The first-order valence-corrected chi connectivity index (χ1v) is 3.79. The molecule has 0 bridgehead atoms. The molecule has 1 aliphatic rings. The second kappa shape index (κ2) is 3.47. The molecule has 1 heterocycles. The van der Waals surface area contributed by atoms with E-state index in [1.54, 1.807) is 0 Å². The van der Waals surface area contributed by atoms with Gasteiger partial charge in [0.2, 0.25) is 0 Å². The molecule has 0 aromatic rings. The van der Waals surface area contributed by atoms with Crippen LogP contribution in [0.1, 0.15) is 20.8 Å². The topological polar surface area (TPSA) is 12.4 Å². The standard InChI is InChI=1S/C6H11NS.ClH/c1-4-5(2)8-6(3)7-4;/h4-5H,1-3H3;1H. The predicted octanol–water partition coefficient (Wildman–Crippen LogP) is 2.35. The van der Waals surface area contributed by atoms with E-state index in [-0.39, 0.29) is 12.4 Å². The monoisotopic (exact) mass is 165 g/mol. The van der Waals surface area contributed by atoms with Gasteiger partial charge in [-0.3, -0.25) is 4.99 Å². The summed E-state index contributed by atoms with van der Waals surface area (Å²) in [6, 6.07) is 0.542. The first-order chi connectivity index (χ1) is 3.70. The summed E-state index contributed by atoms with van der Waals surface area (Å²) in [5.41, 5.74) is 0. The van der Waals surface area contributed by atoms with Gasteiger partial charge in [0.25, 0.3) is 0 Å². The Hall–Kier alpha value is 0.310. The lowest BCUT2D eigenvalue weighted by atomic mass is 10.3. The highest BCUT2D eigenvalue weighted by molar-refractivity contribution is 8.14. The number of hydrogen-bond donors (Lipinski definition) is 0. The Bertz CT molecular complexity index is 124. The van der Waals surface area contributed by atoms with Crippen molar-refractivity contribution in [2.75, 3.05) is 0 Å². The van der Waals surface area contributed by atoms with Crippen LogP contribution in [0, 0.1) is 0 Å². The molecule has 0 aromatic heterocycles. The summed E-state index contributed by atoms with van der Waals surface area (Å²) in [5.74, 6) is 0. The lowest BCUT2D eigenvalue weighted by molar-refractivity contribution is 0.749. The molecule has 54 valence electrons. The number of rotatable bonds is 0. The summed E-state index contributed by atoms with van der Waals surface area (Å²) >= 11 is 1.88. The van der Waals surface area contributed by atoms with Crippen LogP contribution in [0.15, 0.2) is 4.99 Å². The van der Waals surface area contributed by atoms with Gasteiger partial charge in [0.15, 0.2) is 0 Å². The third-order valence-electron chi connectivity index (χ3n) is 1.42. The lowest BCUT2D eigenvalue weighted by Gasteiger charge is -2.02. The van der Waals surface area contributed by atoms with E-state index in [0.29, 0.717) is 11.3 Å². The Morgan fingerprint density at radius 1 is 1.44 bits per heavy atom. The molecular weight excluding hydrogens is 154 g/mol. The number of thioether (sulfide) groups is 1. The average molecular weight is 166 g/mol. The van der Waals surface area contributed by atoms with E-state index in [4.69, 9.17) is 0 Å². The van der Waals surface area contributed by atoms with Gasteiger partial charge in [0.05, 0.1) is 11.1 Å². The molecule has 3 heteroatoms. The molecule has 2 atom stereocenters. The van der Waals surface area contributed by atoms with Crippen LogP contribution in [0.5, 0.6) is 0 Å². The van der Waals surface area contributed by atoms with Crippen molar-refractivity contribution in [2.45, 2.75) is 32.1 Å². The molecule has 1 rings (SSSR count). The molecule has 1 nitrogen and oxygen atoms in total. The lowest BCUT2D eigenvalue weighted by Crippen LogP contribution is -2.07. The van der Waals surface area contributed by atoms with Gasteiger partial charge in [-0.1, -0.05) is 6.92 Å². The molecule has 2 unspecified atom stereocenters. The van der Waals surface area contributed by atoms with Crippen LogP contribution in [0.25, 0.3) is 0 Å². The van der Waals surface area contributed by atoms with Crippen LogP contribution >= 0.6 is 24.2 Å². The van der Waals surface area contributed by atoms with Crippen LogP contribution in [-0.4, -0.2) is 16.3 Å². The van der Waals surface area contributed by atoms with E-state index < -0.39 is 0 Å². The molecule has 1 aliphatic heterocycles.